The molecule has 2 aliphatic rings. The van der Waals surface area contributed by atoms with Gasteiger partial charge in [0.15, 0.2) is 11.5 Å². The Hall–Kier alpha value is -2.28. The van der Waals surface area contributed by atoms with Gasteiger partial charge in [-0.15, -0.1) is 0 Å². The SMILES string of the molecule is CCN(CC(=O)O)C1CC(NC(=O)c2ccc3c(c2)OCCCO3)C1. The summed E-state index contributed by atoms with van der Waals surface area (Å²) in [5.41, 5.74) is 0.547. The molecule has 7 nitrogen and oxygen atoms in total. The van der Waals surface area contributed by atoms with Crippen LogP contribution in [0, 0.1) is 0 Å². The van der Waals surface area contributed by atoms with Crippen LogP contribution in [0.25, 0.3) is 0 Å². The van der Waals surface area contributed by atoms with E-state index in [1.54, 1.807) is 18.2 Å². The van der Waals surface area contributed by atoms with Gasteiger partial charge in [0.2, 0.25) is 0 Å². The van der Waals surface area contributed by atoms with Gasteiger partial charge in [-0.05, 0) is 37.6 Å². The first kappa shape index (κ1) is 17.5. The van der Waals surface area contributed by atoms with Gasteiger partial charge >= 0.3 is 5.97 Å². The second-order valence-corrected chi connectivity index (χ2v) is 6.46. The molecule has 1 aromatic rings. The van der Waals surface area contributed by atoms with Crippen LogP contribution < -0.4 is 14.8 Å². The molecule has 1 fully saturated rings. The van der Waals surface area contributed by atoms with Crippen molar-refractivity contribution in [3.05, 3.63) is 23.8 Å². The Balaban J connectivity index is 1.54. The minimum atomic E-state index is -0.818. The van der Waals surface area contributed by atoms with Crippen molar-refractivity contribution in [1.82, 2.24) is 10.2 Å². The van der Waals surface area contributed by atoms with Gasteiger partial charge in [0.1, 0.15) is 0 Å². The van der Waals surface area contributed by atoms with Crippen molar-refractivity contribution in [1.29, 1.82) is 0 Å². The third kappa shape index (κ3) is 4.22. The zero-order chi connectivity index (χ0) is 17.8. The molecule has 1 heterocycles. The molecule has 1 amide bonds. The van der Waals surface area contributed by atoms with Gasteiger partial charge < -0.3 is 19.9 Å². The molecule has 1 saturated carbocycles. The van der Waals surface area contributed by atoms with Crippen LogP contribution in [0.3, 0.4) is 0 Å². The van der Waals surface area contributed by atoms with E-state index in [9.17, 15) is 9.59 Å². The highest BCUT2D eigenvalue weighted by Gasteiger charge is 2.34. The van der Waals surface area contributed by atoms with E-state index in [0.717, 1.165) is 19.3 Å². The van der Waals surface area contributed by atoms with Crippen molar-refractivity contribution < 1.29 is 24.2 Å². The van der Waals surface area contributed by atoms with Crippen LogP contribution in [0.4, 0.5) is 0 Å². The maximum atomic E-state index is 12.4. The van der Waals surface area contributed by atoms with Crippen molar-refractivity contribution in [2.75, 3.05) is 26.3 Å². The number of benzene rings is 1. The fourth-order valence-electron chi connectivity index (χ4n) is 3.25. The lowest BCUT2D eigenvalue weighted by Crippen LogP contribution is -2.54. The molecule has 0 saturated heterocycles. The molecule has 0 radical (unpaired) electrons. The quantitative estimate of drug-likeness (QED) is 0.810. The highest BCUT2D eigenvalue weighted by Crippen LogP contribution is 2.31. The topological polar surface area (TPSA) is 88.1 Å². The number of nitrogens with zero attached hydrogens (tertiary/aromatic N) is 1. The van der Waals surface area contributed by atoms with Crippen LogP contribution in [0.1, 0.15) is 36.5 Å². The van der Waals surface area contributed by atoms with Gasteiger partial charge in [-0.1, -0.05) is 6.92 Å². The number of aliphatic carboxylic acids is 1. The lowest BCUT2D eigenvalue weighted by Gasteiger charge is -2.42. The summed E-state index contributed by atoms with van der Waals surface area (Å²) in [7, 11) is 0. The van der Waals surface area contributed by atoms with Crippen LogP contribution in [-0.4, -0.2) is 60.3 Å². The van der Waals surface area contributed by atoms with E-state index in [1.807, 2.05) is 11.8 Å². The monoisotopic (exact) mass is 348 g/mol. The minimum Gasteiger partial charge on any atom is -0.490 e. The summed E-state index contributed by atoms with van der Waals surface area (Å²) >= 11 is 0. The van der Waals surface area contributed by atoms with Gasteiger partial charge in [-0.2, -0.15) is 0 Å². The smallest absolute Gasteiger partial charge is 0.317 e. The van der Waals surface area contributed by atoms with Crippen LogP contribution >= 0.6 is 0 Å². The highest BCUT2D eigenvalue weighted by atomic mass is 16.5. The Bertz CT molecular complexity index is 642. The zero-order valence-electron chi connectivity index (χ0n) is 14.4. The van der Waals surface area contributed by atoms with Crippen molar-refractivity contribution in [2.45, 2.75) is 38.3 Å². The average Bonchev–Trinajstić information content (AvgIpc) is 2.80. The summed E-state index contributed by atoms with van der Waals surface area (Å²) in [6, 6.07) is 5.52. The van der Waals surface area contributed by atoms with E-state index >= 15 is 0 Å². The predicted molar refractivity (Wildman–Crippen MR) is 91.2 cm³/mol. The molecule has 136 valence electrons. The predicted octanol–water partition coefficient (Wildman–Crippen LogP) is 1.52. The molecule has 1 aliphatic heterocycles. The van der Waals surface area contributed by atoms with E-state index in [2.05, 4.69) is 5.32 Å². The fraction of sp³-hybridized carbons (Fsp3) is 0.556. The Morgan fingerprint density at radius 2 is 1.96 bits per heavy atom. The maximum Gasteiger partial charge on any atom is 0.317 e. The number of amides is 1. The molecular weight excluding hydrogens is 324 g/mol. The van der Waals surface area contributed by atoms with E-state index in [1.165, 1.54) is 0 Å². The number of fused-ring (bicyclic) bond motifs is 1. The average molecular weight is 348 g/mol. The Labute approximate surface area is 146 Å². The Kier molecular flexibility index (Phi) is 5.43. The first-order valence-electron chi connectivity index (χ1n) is 8.73. The zero-order valence-corrected chi connectivity index (χ0v) is 14.4. The first-order valence-corrected chi connectivity index (χ1v) is 8.73. The number of hydrogen-bond donors (Lipinski definition) is 2. The third-order valence-corrected chi connectivity index (χ3v) is 4.72. The Morgan fingerprint density at radius 3 is 2.64 bits per heavy atom. The summed E-state index contributed by atoms with van der Waals surface area (Å²) in [5.74, 6) is 0.321. The summed E-state index contributed by atoms with van der Waals surface area (Å²) in [4.78, 5) is 25.2. The Morgan fingerprint density at radius 1 is 1.24 bits per heavy atom. The van der Waals surface area contributed by atoms with Gasteiger partial charge in [0.25, 0.3) is 5.91 Å². The molecule has 0 unspecified atom stereocenters. The van der Waals surface area contributed by atoms with Crippen LogP contribution in [0.15, 0.2) is 18.2 Å². The molecule has 3 rings (SSSR count). The normalized spacial score (nSPS) is 22.0. The number of ether oxygens (including phenoxy) is 2. The molecule has 0 aromatic heterocycles. The molecule has 0 spiro atoms. The lowest BCUT2D eigenvalue weighted by molar-refractivity contribution is -0.139. The molecule has 1 aliphatic carbocycles. The number of nitrogens with one attached hydrogen (secondary N) is 1. The molecule has 0 atom stereocenters. The number of likely N-dealkylation sites (N-methyl/N-ethyl adjacent to an activating group) is 1. The number of rotatable bonds is 6. The molecule has 0 bridgehead atoms. The van der Waals surface area contributed by atoms with Crippen molar-refractivity contribution >= 4 is 11.9 Å². The summed E-state index contributed by atoms with van der Waals surface area (Å²) < 4.78 is 11.2. The fourth-order valence-corrected chi connectivity index (χ4v) is 3.25. The van der Waals surface area contributed by atoms with Crippen LogP contribution in [0.5, 0.6) is 11.5 Å². The molecule has 2 N–H and O–H groups in total. The van der Waals surface area contributed by atoms with Crippen LogP contribution in [0.2, 0.25) is 0 Å². The van der Waals surface area contributed by atoms with Crippen molar-refractivity contribution in [2.24, 2.45) is 0 Å². The van der Waals surface area contributed by atoms with E-state index in [-0.39, 0.29) is 24.5 Å². The number of carboxylic acid groups (broad SMARTS) is 1. The van der Waals surface area contributed by atoms with E-state index in [0.29, 0.717) is 36.8 Å². The van der Waals surface area contributed by atoms with Gasteiger partial charge in [-0.25, -0.2) is 0 Å². The standard InChI is InChI=1S/C18H24N2O5/c1-2-20(11-17(21)22)14-9-13(10-14)19-18(23)12-4-5-15-16(8-12)25-7-3-6-24-15/h4-5,8,13-14H,2-3,6-7,9-11H2,1H3,(H,19,23)(H,21,22). The van der Waals surface area contributed by atoms with Gasteiger partial charge in [0.05, 0.1) is 19.8 Å². The molecule has 7 heteroatoms. The minimum absolute atomic E-state index is 0.0456. The van der Waals surface area contributed by atoms with Gasteiger partial charge in [-0.3, -0.25) is 14.5 Å². The summed E-state index contributed by atoms with van der Waals surface area (Å²) in [5, 5.41) is 11.9. The van der Waals surface area contributed by atoms with E-state index < -0.39 is 5.97 Å². The number of hydrogen-bond acceptors (Lipinski definition) is 5. The number of carbonyl (C=O) groups is 2. The molecule has 25 heavy (non-hydrogen) atoms. The largest absolute Gasteiger partial charge is 0.490 e. The first-order chi connectivity index (χ1) is 12.1. The lowest BCUT2D eigenvalue weighted by atomic mass is 9.85. The third-order valence-electron chi connectivity index (χ3n) is 4.72. The molecular formula is C18H24N2O5. The molecule has 1 aromatic carbocycles. The number of carboxylic acids is 1. The second-order valence-electron chi connectivity index (χ2n) is 6.46. The second kappa shape index (κ2) is 7.74. The van der Waals surface area contributed by atoms with E-state index in [4.69, 9.17) is 14.6 Å². The van der Waals surface area contributed by atoms with Crippen molar-refractivity contribution in [3.63, 3.8) is 0 Å². The van der Waals surface area contributed by atoms with Gasteiger partial charge in [0, 0.05) is 24.1 Å². The van der Waals surface area contributed by atoms with Crippen LogP contribution in [-0.2, 0) is 4.79 Å². The van der Waals surface area contributed by atoms with Crippen molar-refractivity contribution in [3.8, 4) is 11.5 Å². The summed E-state index contributed by atoms with van der Waals surface area (Å²) in [6.45, 7) is 3.89. The summed E-state index contributed by atoms with van der Waals surface area (Å²) in [6.07, 6.45) is 2.37. The highest BCUT2D eigenvalue weighted by molar-refractivity contribution is 5.95. The number of carbonyl (C=O) groups excluding carboxylic acids is 1. The maximum absolute atomic E-state index is 12.4.